The molecule has 29 heavy (non-hydrogen) atoms. The highest BCUT2D eigenvalue weighted by Gasteiger charge is 2.34. The van der Waals surface area contributed by atoms with E-state index in [2.05, 4.69) is 15.5 Å². The second-order valence-corrected chi connectivity index (χ2v) is 9.62. The molecule has 1 N–H and O–H groups in total. The van der Waals surface area contributed by atoms with Crippen LogP contribution >= 0.6 is 0 Å². The lowest BCUT2D eigenvalue weighted by molar-refractivity contribution is -0.126. The van der Waals surface area contributed by atoms with Crippen LogP contribution in [0.15, 0.2) is 17.3 Å². The van der Waals surface area contributed by atoms with Crippen molar-refractivity contribution in [2.75, 3.05) is 13.1 Å². The Labute approximate surface area is 172 Å². The summed E-state index contributed by atoms with van der Waals surface area (Å²) in [5.41, 5.74) is 2.97. The molecule has 1 saturated heterocycles. The van der Waals surface area contributed by atoms with Gasteiger partial charge in [-0.05, 0) is 40.5 Å². The van der Waals surface area contributed by atoms with Crippen LogP contribution < -0.4 is 5.32 Å². The minimum atomic E-state index is -3.65. The van der Waals surface area contributed by atoms with E-state index in [-0.39, 0.29) is 29.3 Å². The smallest absolute Gasteiger partial charge is 0.246 e. The first-order chi connectivity index (χ1) is 13.6. The maximum atomic E-state index is 12.9. The highest BCUT2D eigenvalue weighted by Crippen LogP contribution is 2.26. The van der Waals surface area contributed by atoms with Gasteiger partial charge < -0.3 is 5.32 Å². The van der Waals surface area contributed by atoms with Gasteiger partial charge in [0.1, 0.15) is 4.90 Å². The molecule has 2 aromatic rings. The fourth-order valence-electron chi connectivity index (χ4n) is 4.10. The average molecular weight is 423 g/mol. The van der Waals surface area contributed by atoms with Crippen molar-refractivity contribution in [1.29, 1.82) is 0 Å². The van der Waals surface area contributed by atoms with Crippen LogP contribution in [0.1, 0.15) is 49.7 Å². The van der Waals surface area contributed by atoms with Gasteiger partial charge >= 0.3 is 0 Å². The molecular weight excluding hydrogens is 392 g/mol. The first-order valence-corrected chi connectivity index (χ1v) is 11.4. The van der Waals surface area contributed by atoms with Crippen molar-refractivity contribution < 1.29 is 13.2 Å². The second kappa shape index (κ2) is 8.27. The SMILES string of the molecule is CCn1nc(C)c([C@H](C)NC(=O)[C@@H]2CCCN(S(=O)(=O)c3cnn(C)c3)C2)c1C. The number of nitrogens with one attached hydrogen (secondary N) is 1. The summed E-state index contributed by atoms with van der Waals surface area (Å²) >= 11 is 0. The Morgan fingerprint density at radius 2 is 2.10 bits per heavy atom. The zero-order valence-electron chi connectivity index (χ0n) is 17.7. The topological polar surface area (TPSA) is 102 Å². The Balaban J connectivity index is 1.71. The third-order valence-corrected chi connectivity index (χ3v) is 7.42. The highest BCUT2D eigenvalue weighted by molar-refractivity contribution is 7.89. The van der Waals surface area contributed by atoms with Gasteiger partial charge in [0.25, 0.3) is 0 Å². The van der Waals surface area contributed by atoms with Gasteiger partial charge in [-0.3, -0.25) is 14.2 Å². The van der Waals surface area contributed by atoms with Crippen molar-refractivity contribution in [3.05, 3.63) is 29.3 Å². The molecule has 9 nitrogen and oxygen atoms in total. The van der Waals surface area contributed by atoms with Gasteiger partial charge in [-0.25, -0.2) is 8.42 Å². The van der Waals surface area contributed by atoms with Gasteiger partial charge in [0.15, 0.2) is 0 Å². The summed E-state index contributed by atoms with van der Waals surface area (Å²) in [7, 11) is -1.97. The average Bonchev–Trinajstić information content (AvgIpc) is 3.24. The third kappa shape index (κ3) is 4.23. The molecule has 2 atom stereocenters. The molecule has 1 aliphatic rings. The standard InChI is InChI=1S/C19H30N6O3S/c1-6-25-15(4)18(14(3)22-25)13(2)21-19(26)16-8-7-9-24(11-16)29(27,28)17-10-20-23(5)12-17/h10,12-13,16H,6-9,11H2,1-5H3,(H,21,26)/t13-,16+/m0/s1. The fourth-order valence-corrected chi connectivity index (χ4v) is 5.61. The summed E-state index contributed by atoms with van der Waals surface area (Å²) in [6, 6.07) is -0.187. The van der Waals surface area contributed by atoms with Crippen LogP contribution in [0.4, 0.5) is 0 Å². The minimum absolute atomic E-state index is 0.119. The van der Waals surface area contributed by atoms with Crippen molar-refractivity contribution in [2.24, 2.45) is 13.0 Å². The number of piperidine rings is 1. The van der Waals surface area contributed by atoms with Crippen molar-refractivity contribution in [2.45, 2.75) is 58.0 Å². The molecule has 0 aliphatic carbocycles. The molecule has 0 bridgehead atoms. The van der Waals surface area contributed by atoms with Gasteiger partial charge in [-0.2, -0.15) is 14.5 Å². The van der Waals surface area contributed by atoms with E-state index in [1.54, 1.807) is 7.05 Å². The molecule has 1 amide bonds. The van der Waals surface area contributed by atoms with E-state index in [1.165, 1.54) is 21.4 Å². The maximum absolute atomic E-state index is 12.9. The lowest BCUT2D eigenvalue weighted by Gasteiger charge is -2.31. The van der Waals surface area contributed by atoms with Gasteiger partial charge in [0.2, 0.25) is 15.9 Å². The predicted octanol–water partition coefficient (Wildman–Crippen LogP) is 1.53. The molecule has 1 fully saturated rings. The number of rotatable bonds is 6. The monoisotopic (exact) mass is 422 g/mol. The lowest BCUT2D eigenvalue weighted by Crippen LogP contribution is -2.45. The molecule has 0 aromatic carbocycles. The van der Waals surface area contributed by atoms with Crippen molar-refractivity contribution in [3.63, 3.8) is 0 Å². The van der Waals surface area contributed by atoms with Crippen molar-refractivity contribution >= 4 is 15.9 Å². The summed E-state index contributed by atoms with van der Waals surface area (Å²) in [5.74, 6) is -0.494. The maximum Gasteiger partial charge on any atom is 0.246 e. The van der Waals surface area contributed by atoms with Crippen molar-refractivity contribution in [1.82, 2.24) is 29.2 Å². The molecule has 10 heteroatoms. The first-order valence-electron chi connectivity index (χ1n) is 9.98. The number of hydrogen-bond acceptors (Lipinski definition) is 5. The van der Waals surface area contributed by atoms with E-state index in [1.807, 2.05) is 32.4 Å². The van der Waals surface area contributed by atoms with E-state index >= 15 is 0 Å². The lowest BCUT2D eigenvalue weighted by atomic mass is 9.97. The van der Waals surface area contributed by atoms with Gasteiger partial charge in [-0.15, -0.1) is 0 Å². The Kier molecular flexibility index (Phi) is 6.13. The number of aryl methyl sites for hydroxylation is 3. The van der Waals surface area contributed by atoms with E-state index in [0.717, 1.165) is 23.5 Å². The van der Waals surface area contributed by atoms with E-state index in [4.69, 9.17) is 0 Å². The molecule has 160 valence electrons. The predicted molar refractivity (Wildman–Crippen MR) is 109 cm³/mol. The van der Waals surface area contributed by atoms with Crippen LogP contribution in [0.3, 0.4) is 0 Å². The first kappa shape index (κ1) is 21.5. The number of carbonyl (C=O) groups excluding carboxylic acids is 1. The summed E-state index contributed by atoms with van der Waals surface area (Å²) in [6.07, 6.45) is 4.15. The molecular formula is C19H30N6O3S. The van der Waals surface area contributed by atoms with E-state index in [0.29, 0.717) is 19.4 Å². The highest BCUT2D eigenvalue weighted by atomic mass is 32.2. The zero-order chi connectivity index (χ0) is 21.3. The Bertz CT molecular complexity index is 994. The number of nitrogens with zero attached hydrogens (tertiary/aromatic N) is 5. The van der Waals surface area contributed by atoms with Gasteiger partial charge in [-0.1, -0.05) is 0 Å². The summed E-state index contributed by atoms with van der Waals surface area (Å²) < 4.78 is 30.5. The molecule has 1 aliphatic heterocycles. The second-order valence-electron chi connectivity index (χ2n) is 7.68. The minimum Gasteiger partial charge on any atom is -0.349 e. The largest absolute Gasteiger partial charge is 0.349 e. The number of carbonyl (C=O) groups is 1. The third-order valence-electron chi connectivity index (χ3n) is 5.60. The Hall–Kier alpha value is -2.20. The van der Waals surface area contributed by atoms with Crippen LogP contribution in [-0.2, 0) is 28.4 Å². The molecule has 3 rings (SSSR count). The number of sulfonamides is 1. The summed E-state index contributed by atoms with van der Waals surface area (Å²) in [4.78, 5) is 13.1. The number of amides is 1. The summed E-state index contributed by atoms with van der Waals surface area (Å²) in [6.45, 7) is 9.30. The molecule has 0 saturated carbocycles. The molecule has 3 heterocycles. The molecule has 0 unspecified atom stereocenters. The molecule has 2 aromatic heterocycles. The van der Waals surface area contributed by atoms with Crippen LogP contribution in [0.2, 0.25) is 0 Å². The Morgan fingerprint density at radius 1 is 1.38 bits per heavy atom. The van der Waals surface area contributed by atoms with E-state index < -0.39 is 10.0 Å². The summed E-state index contributed by atoms with van der Waals surface area (Å²) in [5, 5.41) is 11.5. The van der Waals surface area contributed by atoms with Crippen LogP contribution in [-0.4, -0.2) is 51.3 Å². The zero-order valence-corrected chi connectivity index (χ0v) is 18.5. The normalized spacial score (nSPS) is 19.3. The van der Waals surface area contributed by atoms with Gasteiger partial charge in [0, 0.05) is 44.1 Å². The fraction of sp³-hybridized carbons (Fsp3) is 0.632. The number of hydrogen-bond donors (Lipinski definition) is 1. The van der Waals surface area contributed by atoms with Crippen molar-refractivity contribution in [3.8, 4) is 0 Å². The molecule has 0 spiro atoms. The Morgan fingerprint density at radius 3 is 2.69 bits per heavy atom. The van der Waals surface area contributed by atoms with Crippen LogP contribution in [0.25, 0.3) is 0 Å². The van der Waals surface area contributed by atoms with E-state index in [9.17, 15) is 13.2 Å². The molecule has 0 radical (unpaired) electrons. The van der Waals surface area contributed by atoms with Crippen LogP contribution in [0.5, 0.6) is 0 Å². The van der Waals surface area contributed by atoms with Gasteiger partial charge in [0.05, 0.1) is 23.9 Å². The van der Waals surface area contributed by atoms with Crippen LogP contribution in [0, 0.1) is 19.8 Å². The number of aromatic nitrogens is 4. The quantitative estimate of drug-likeness (QED) is 0.761.